The zero-order valence-corrected chi connectivity index (χ0v) is 18.1. The van der Waals surface area contributed by atoms with E-state index < -0.39 is 22.9 Å². The molecule has 5 rings (SSSR count). The van der Waals surface area contributed by atoms with Crippen LogP contribution in [0.3, 0.4) is 0 Å². The van der Waals surface area contributed by atoms with Crippen LogP contribution in [0.1, 0.15) is 17.0 Å². The molecule has 6 nitrogen and oxygen atoms in total. The first-order valence-electron chi connectivity index (χ1n) is 10.4. The molecule has 34 heavy (non-hydrogen) atoms. The largest absolute Gasteiger partial charge is 0.497 e. The van der Waals surface area contributed by atoms with Gasteiger partial charge in [-0.2, -0.15) is 13.2 Å². The van der Waals surface area contributed by atoms with Gasteiger partial charge in [-0.3, -0.25) is 14.7 Å². The molecule has 1 aliphatic heterocycles. The molecule has 0 N–H and O–H groups in total. The highest BCUT2D eigenvalue weighted by Gasteiger charge is 2.40. The molecule has 0 saturated carbocycles. The summed E-state index contributed by atoms with van der Waals surface area (Å²) in [7, 11) is 1.45. The van der Waals surface area contributed by atoms with Gasteiger partial charge in [0.25, 0.3) is 0 Å². The van der Waals surface area contributed by atoms with Gasteiger partial charge >= 0.3 is 6.18 Å². The van der Waals surface area contributed by atoms with Crippen LogP contribution in [0.25, 0.3) is 22.1 Å². The van der Waals surface area contributed by atoms with Crippen molar-refractivity contribution >= 4 is 11.0 Å². The fourth-order valence-electron chi connectivity index (χ4n) is 4.05. The van der Waals surface area contributed by atoms with Gasteiger partial charge in [0, 0.05) is 19.3 Å². The summed E-state index contributed by atoms with van der Waals surface area (Å²) >= 11 is 0. The highest BCUT2D eigenvalue weighted by atomic mass is 19.4. The quantitative estimate of drug-likeness (QED) is 0.409. The number of aromatic nitrogens is 1. The van der Waals surface area contributed by atoms with Crippen LogP contribution in [-0.2, 0) is 19.3 Å². The SMILES string of the molecule is COc1ccc(-c2c(C(F)(F)F)oc3c4c(ccc3c2=O)OCN(Cc2ccccn2)C4)cc1. The van der Waals surface area contributed by atoms with E-state index in [1.54, 1.807) is 18.3 Å². The van der Waals surface area contributed by atoms with Gasteiger partial charge in [-0.25, -0.2) is 0 Å². The minimum Gasteiger partial charge on any atom is -0.497 e. The molecule has 3 heterocycles. The second-order valence-corrected chi connectivity index (χ2v) is 7.86. The molecule has 4 aromatic rings. The van der Waals surface area contributed by atoms with Crippen molar-refractivity contribution < 1.29 is 27.1 Å². The Labute approximate surface area is 192 Å². The van der Waals surface area contributed by atoms with Crippen molar-refractivity contribution in [1.82, 2.24) is 9.88 Å². The van der Waals surface area contributed by atoms with E-state index in [2.05, 4.69) is 4.98 Å². The van der Waals surface area contributed by atoms with Crippen LogP contribution in [-0.4, -0.2) is 23.7 Å². The van der Waals surface area contributed by atoms with E-state index in [0.29, 0.717) is 23.6 Å². The Bertz CT molecular complexity index is 1400. The number of methoxy groups -OCH3 is 1. The Kier molecular flexibility index (Phi) is 5.49. The second kappa shape index (κ2) is 8.49. The summed E-state index contributed by atoms with van der Waals surface area (Å²) in [4.78, 5) is 19.5. The molecule has 0 spiro atoms. The molecular weight excluding hydrogens is 449 g/mol. The van der Waals surface area contributed by atoms with Crippen LogP contribution in [0.15, 0.2) is 70.0 Å². The lowest BCUT2D eigenvalue weighted by Gasteiger charge is -2.29. The molecule has 0 unspecified atom stereocenters. The third kappa shape index (κ3) is 3.99. The lowest BCUT2D eigenvalue weighted by Crippen LogP contribution is -2.32. The van der Waals surface area contributed by atoms with E-state index in [4.69, 9.17) is 13.9 Å². The zero-order valence-electron chi connectivity index (χ0n) is 18.1. The fourth-order valence-corrected chi connectivity index (χ4v) is 4.05. The van der Waals surface area contributed by atoms with Crippen LogP contribution in [0.2, 0.25) is 0 Å². The van der Waals surface area contributed by atoms with E-state index in [0.717, 1.165) is 5.69 Å². The Balaban J connectivity index is 1.65. The first kappa shape index (κ1) is 22.0. The topological polar surface area (TPSA) is 64.8 Å². The molecule has 0 atom stereocenters. The van der Waals surface area contributed by atoms with Gasteiger partial charge in [0.1, 0.15) is 23.8 Å². The molecule has 0 radical (unpaired) electrons. The number of benzene rings is 2. The van der Waals surface area contributed by atoms with Crippen molar-refractivity contribution in [2.24, 2.45) is 0 Å². The van der Waals surface area contributed by atoms with Gasteiger partial charge < -0.3 is 13.9 Å². The van der Waals surface area contributed by atoms with Gasteiger partial charge in [0.2, 0.25) is 11.2 Å². The third-order valence-corrected chi connectivity index (χ3v) is 5.65. The van der Waals surface area contributed by atoms with E-state index in [1.807, 2.05) is 17.0 Å². The second-order valence-electron chi connectivity index (χ2n) is 7.86. The first-order chi connectivity index (χ1) is 16.3. The normalized spacial score (nSPS) is 14.0. The van der Waals surface area contributed by atoms with Crippen molar-refractivity contribution in [1.29, 1.82) is 0 Å². The first-order valence-corrected chi connectivity index (χ1v) is 10.4. The molecule has 0 aliphatic carbocycles. The summed E-state index contributed by atoms with van der Waals surface area (Å²) in [6.45, 7) is 0.900. The summed E-state index contributed by atoms with van der Waals surface area (Å²) < 4.78 is 58.5. The maximum Gasteiger partial charge on any atom is 0.450 e. The Morgan fingerprint density at radius 2 is 1.88 bits per heavy atom. The summed E-state index contributed by atoms with van der Waals surface area (Å²) in [6.07, 6.45) is -3.21. The predicted octanol–water partition coefficient (Wildman–Crippen LogP) is 5.23. The maximum atomic E-state index is 14.1. The van der Waals surface area contributed by atoms with Crippen LogP contribution in [0.4, 0.5) is 13.2 Å². The Morgan fingerprint density at radius 3 is 2.56 bits per heavy atom. The molecule has 0 saturated heterocycles. The van der Waals surface area contributed by atoms with E-state index >= 15 is 0 Å². The number of fused-ring (bicyclic) bond motifs is 3. The number of hydrogen-bond acceptors (Lipinski definition) is 6. The minimum absolute atomic E-state index is 0.0563. The van der Waals surface area contributed by atoms with Gasteiger partial charge in [0.15, 0.2) is 0 Å². The van der Waals surface area contributed by atoms with Crippen molar-refractivity contribution in [3.05, 3.63) is 88.0 Å². The highest BCUT2D eigenvalue weighted by molar-refractivity contribution is 5.87. The van der Waals surface area contributed by atoms with Crippen LogP contribution in [0.5, 0.6) is 11.5 Å². The molecule has 2 aromatic heterocycles. The highest BCUT2D eigenvalue weighted by Crippen LogP contribution is 2.40. The predicted molar refractivity (Wildman–Crippen MR) is 118 cm³/mol. The average molecular weight is 468 g/mol. The maximum absolute atomic E-state index is 14.1. The van der Waals surface area contributed by atoms with Gasteiger partial charge in [-0.05, 0) is 42.0 Å². The van der Waals surface area contributed by atoms with Crippen molar-refractivity contribution in [3.63, 3.8) is 0 Å². The van der Waals surface area contributed by atoms with Crippen molar-refractivity contribution in [3.8, 4) is 22.6 Å². The number of rotatable bonds is 4. The summed E-state index contributed by atoms with van der Waals surface area (Å²) in [6, 6.07) is 14.3. The lowest BCUT2D eigenvalue weighted by molar-refractivity contribution is -0.152. The van der Waals surface area contributed by atoms with Crippen molar-refractivity contribution in [2.75, 3.05) is 13.8 Å². The fraction of sp³-hybridized carbons (Fsp3) is 0.200. The summed E-state index contributed by atoms with van der Waals surface area (Å²) in [5.74, 6) is -0.495. The van der Waals surface area contributed by atoms with Crippen LogP contribution >= 0.6 is 0 Å². The molecule has 1 aliphatic rings. The average Bonchev–Trinajstić information content (AvgIpc) is 2.84. The summed E-state index contributed by atoms with van der Waals surface area (Å²) in [5, 5.41) is 0.0563. The lowest BCUT2D eigenvalue weighted by atomic mass is 9.99. The molecule has 2 aromatic carbocycles. The Morgan fingerprint density at radius 1 is 1.09 bits per heavy atom. The molecular formula is C25H19F3N2O4. The molecule has 0 fully saturated rings. The molecule has 0 amide bonds. The van der Waals surface area contributed by atoms with E-state index in [-0.39, 0.29) is 29.8 Å². The van der Waals surface area contributed by atoms with Crippen LogP contribution < -0.4 is 14.9 Å². The minimum atomic E-state index is -4.88. The Hall–Kier alpha value is -3.85. The molecule has 174 valence electrons. The van der Waals surface area contributed by atoms with Crippen LogP contribution in [0, 0.1) is 0 Å². The van der Waals surface area contributed by atoms with Gasteiger partial charge in [-0.15, -0.1) is 0 Å². The standard InChI is InChI=1S/C25H19F3N2O4/c1-32-17-7-5-15(6-8-17)21-22(31)18-9-10-20-19(23(18)34-24(21)25(26,27)28)13-30(14-33-20)12-16-4-2-3-11-29-16/h2-11H,12-14H2,1H3. The van der Waals surface area contributed by atoms with E-state index in [9.17, 15) is 18.0 Å². The number of halogens is 3. The summed E-state index contributed by atoms with van der Waals surface area (Å²) in [5.41, 5.74) is -0.155. The van der Waals surface area contributed by atoms with Gasteiger partial charge in [0.05, 0.1) is 29.3 Å². The molecule has 9 heteroatoms. The number of ether oxygens (including phenoxy) is 2. The van der Waals surface area contributed by atoms with E-state index in [1.165, 1.54) is 37.4 Å². The smallest absolute Gasteiger partial charge is 0.450 e. The monoisotopic (exact) mass is 468 g/mol. The number of nitrogens with zero attached hydrogens (tertiary/aromatic N) is 2. The number of hydrogen-bond donors (Lipinski definition) is 0. The zero-order chi connectivity index (χ0) is 23.9. The third-order valence-electron chi connectivity index (χ3n) is 5.65. The van der Waals surface area contributed by atoms with Crippen molar-refractivity contribution in [2.45, 2.75) is 19.3 Å². The number of pyridine rings is 1. The number of alkyl halides is 3. The molecule has 0 bridgehead atoms. The van der Waals surface area contributed by atoms with Gasteiger partial charge in [-0.1, -0.05) is 18.2 Å².